The van der Waals surface area contributed by atoms with E-state index in [1.165, 1.54) is 9.47 Å². The Bertz CT molecular complexity index is 3880. The van der Waals surface area contributed by atoms with Gasteiger partial charge in [-0.2, -0.15) is 6.07 Å². The zero-order chi connectivity index (χ0) is 53.5. The molecule has 1 unspecified atom stereocenters. The number of anilines is 5. The van der Waals surface area contributed by atoms with Gasteiger partial charge in [-0.3, -0.25) is 0 Å². The average Bonchev–Trinajstić information content (AvgIpc) is 3.73. The van der Waals surface area contributed by atoms with Gasteiger partial charge in [-0.1, -0.05) is 138 Å². The minimum atomic E-state index is -2.70. The third-order valence-electron chi connectivity index (χ3n) is 12.4. The quantitative estimate of drug-likeness (QED) is 0.117. The smallest absolute Gasteiger partial charge is 0.646 e. The van der Waals surface area contributed by atoms with E-state index < -0.39 is 25.4 Å². The number of aromatic nitrogens is 1. The second-order valence-corrected chi connectivity index (χ2v) is 16.8. The molecule has 8 nitrogen and oxygen atoms in total. The van der Waals surface area contributed by atoms with Crippen LogP contribution in [0.25, 0.3) is 49.2 Å². The van der Waals surface area contributed by atoms with Crippen LogP contribution in [0.3, 0.4) is 0 Å². The molecule has 5 heterocycles. The molecule has 0 aliphatic carbocycles. The first kappa shape index (κ1) is 38.4. The second kappa shape index (κ2) is 20.6. The van der Waals surface area contributed by atoms with Crippen LogP contribution in [0.5, 0.6) is 11.5 Å². The van der Waals surface area contributed by atoms with Crippen molar-refractivity contribution in [3.05, 3.63) is 266 Å². The first-order valence-corrected chi connectivity index (χ1v) is 23.1. The fourth-order valence-electron chi connectivity index (χ4n) is 9.24. The van der Waals surface area contributed by atoms with E-state index in [-0.39, 0.29) is 55.3 Å². The van der Waals surface area contributed by atoms with Crippen molar-refractivity contribution in [2.24, 2.45) is 0 Å². The summed E-state index contributed by atoms with van der Waals surface area (Å²) in [6.07, 6.45) is 22.3. The molecule has 12 rings (SSSR count). The largest absolute Gasteiger partial charge is 4.00 e. The van der Waals surface area contributed by atoms with E-state index in [0.29, 0.717) is 28.2 Å². The van der Waals surface area contributed by atoms with E-state index in [1.807, 2.05) is 122 Å². The predicted molar refractivity (Wildman–Crippen MR) is 296 cm³/mol. The van der Waals surface area contributed by atoms with Crippen molar-refractivity contribution >= 4 is 81.4 Å². The molecule has 2 N–H and O–H groups in total. The molecule has 72 heavy (non-hydrogen) atoms. The Morgan fingerprint density at radius 2 is 1.31 bits per heavy atom. The van der Waals surface area contributed by atoms with Crippen molar-refractivity contribution in [2.75, 3.05) is 21.7 Å². The van der Waals surface area contributed by atoms with Gasteiger partial charge >= 0.3 is 21.1 Å². The number of benzene rings is 7. The summed E-state index contributed by atoms with van der Waals surface area (Å²) in [5.74, 6) is 4.62. The summed E-state index contributed by atoms with van der Waals surface area (Å²) in [5, 5.41) is 11.9. The summed E-state index contributed by atoms with van der Waals surface area (Å²) in [5.41, 5.74) is 10.3. The number of para-hydroxylation sites is 6. The predicted octanol–water partition coefficient (Wildman–Crippen LogP) is 14.3. The normalized spacial score (nSPS) is 21.5. The van der Waals surface area contributed by atoms with Gasteiger partial charge in [-0.25, -0.2) is 0 Å². The summed E-state index contributed by atoms with van der Waals surface area (Å²) in [6.45, 7) is -0.614. The number of nitrogens with one attached hydrogen (secondary N) is 2. The van der Waals surface area contributed by atoms with Gasteiger partial charge in [0.2, 0.25) is 0 Å². The molecule has 4 aliphatic rings. The zero-order valence-electron chi connectivity index (χ0n) is 45.4. The van der Waals surface area contributed by atoms with Gasteiger partial charge in [0, 0.05) is 81.9 Å². The Morgan fingerprint density at radius 1 is 0.639 bits per heavy atom. The first-order valence-electron chi connectivity index (χ1n) is 26.6. The SMILES string of the molecule is [2H]c1c([2H])c([2H])c2c(c1[2H])c1ccc(Oc3[c-]c(N4[CH-]N(c5c(/C6=C/C=C\N/C=C\C=C/[B]6)cccc5/C5=C/C=C\N/C=C\C=C/[B]5)c5ccccc54)cc(-c4ccccc4)c3)[c-]c1n2C1[N-]c2ccccc2N1C([2H])([2H])[2H].[Pt+4]. The molecular weight excluding hydrogens is 1060 g/mol. The number of hydrogen-bond acceptors (Lipinski definition) is 6. The number of rotatable bonds is 8. The van der Waals surface area contributed by atoms with Crippen molar-refractivity contribution in [1.29, 1.82) is 0 Å². The fourth-order valence-corrected chi connectivity index (χ4v) is 9.24. The van der Waals surface area contributed by atoms with Gasteiger partial charge in [0.15, 0.2) is 14.6 Å². The van der Waals surface area contributed by atoms with Crippen LogP contribution >= 0.6 is 0 Å². The summed E-state index contributed by atoms with van der Waals surface area (Å²) in [6, 6.07) is 44.4. The van der Waals surface area contributed by atoms with Crippen LogP contribution in [-0.2, 0) is 21.1 Å². The minimum Gasteiger partial charge on any atom is -0.646 e. The van der Waals surface area contributed by atoms with Crippen LogP contribution in [0.2, 0.25) is 0 Å². The monoisotopic (exact) mass is 1120 g/mol. The maximum absolute atomic E-state index is 9.20. The maximum Gasteiger partial charge on any atom is 4.00 e. The fraction of sp³-hybridized carbons (Fsp3) is 0.0328. The average molecular weight is 1120 g/mol. The molecule has 0 saturated carbocycles. The molecule has 1 aromatic heterocycles. The maximum atomic E-state index is 9.20. The Hall–Kier alpha value is -8.32. The molecule has 4 aliphatic heterocycles. The van der Waals surface area contributed by atoms with Gasteiger partial charge in [0.1, 0.15) is 0 Å². The summed E-state index contributed by atoms with van der Waals surface area (Å²) < 4.78 is 70.1. The number of nitrogens with zero attached hydrogens (tertiary/aromatic N) is 5. The van der Waals surface area contributed by atoms with Gasteiger partial charge < -0.3 is 40.0 Å². The van der Waals surface area contributed by atoms with Crippen LogP contribution in [0, 0.1) is 18.8 Å². The molecule has 346 valence electrons. The Morgan fingerprint density at radius 3 is 2.04 bits per heavy atom. The molecule has 0 fully saturated rings. The number of fused-ring (bicyclic) bond motifs is 5. The van der Waals surface area contributed by atoms with Gasteiger partial charge in [-0.05, 0) is 70.6 Å². The zero-order valence-corrected chi connectivity index (χ0v) is 40.7. The third kappa shape index (κ3) is 8.91. The minimum absolute atomic E-state index is 0. The van der Waals surface area contributed by atoms with E-state index in [4.69, 9.17) is 18.3 Å². The van der Waals surface area contributed by atoms with E-state index in [0.717, 1.165) is 50.3 Å². The first-order chi connectivity index (χ1) is 38.0. The van der Waals surface area contributed by atoms with Crippen molar-refractivity contribution in [2.45, 2.75) is 6.29 Å². The molecule has 8 aromatic rings. The van der Waals surface area contributed by atoms with Crippen LogP contribution in [0.15, 0.2) is 231 Å². The van der Waals surface area contributed by atoms with Crippen molar-refractivity contribution in [3.8, 4) is 22.6 Å². The Balaban J connectivity index is 0.00000660. The molecule has 7 aromatic carbocycles. The van der Waals surface area contributed by atoms with Crippen LogP contribution < -0.4 is 30.1 Å². The molecule has 0 saturated heterocycles. The van der Waals surface area contributed by atoms with Crippen LogP contribution in [0.4, 0.5) is 34.1 Å². The number of allylic oxidation sites excluding steroid dienone is 8. The Labute approximate surface area is 446 Å². The van der Waals surface area contributed by atoms with Crippen LogP contribution in [-0.4, -0.2) is 26.1 Å². The van der Waals surface area contributed by atoms with Crippen molar-refractivity contribution in [1.82, 2.24) is 15.2 Å². The number of ether oxygens (including phenoxy) is 1. The van der Waals surface area contributed by atoms with E-state index in [9.17, 15) is 1.37 Å². The molecule has 1 atom stereocenters. The van der Waals surface area contributed by atoms with E-state index >= 15 is 0 Å². The molecule has 0 spiro atoms. The standard InChI is InChI=1S/C61H45B2N7O.Pt/c1-67-56-27-8-6-25-54(56)66-61(67)70-55-26-7-5-20-48(55)49-31-30-46(41-59(49)70)71-47-39-44(43-18-3-2-4-19-43)38-45(40-47)68-42-69(58-29-10-9-28-57(58)68)60-50(52-23-16-36-64-34-13-11-32-62-52)21-15-22-51(60)53-24-17-37-65-35-14-12-33-63-53;/h2-39,42,61,64-65H,1H3;/q-4;+4/b32-11-,33-12-,34-13-,35-14-,36-16-,37-17-,52-23-,53-24-;/i1D3,5D,7D,20D,26D;. The molecule has 0 bridgehead atoms. The third-order valence-corrected chi connectivity index (χ3v) is 12.4. The molecular formula is C61H45B2N7OPt. The van der Waals surface area contributed by atoms with Gasteiger partial charge in [0.25, 0.3) is 0 Å². The summed E-state index contributed by atoms with van der Waals surface area (Å²) >= 11 is 0. The topological polar surface area (TPSA) is 62.0 Å². The Kier molecular flexibility index (Phi) is 11.0. The van der Waals surface area contributed by atoms with E-state index in [2.05, 4.69) is 102 Å². The van der Waals surface area contributed by atoms with Gasteiger partial charge in [-0.15, -0.1) is 71.3 Å². The van der Waals surface area contributed by atoms with Gasteiger partial charge in [0.05, 0.1) is 5.48 Å². The van der Waals surface area contributed by atoms with Crippen LogP contribution in [0.1, 0.15) is 27.0 Å². The molecule has 0 amide bonds. The van der Waals surface area contributed by atoms with Crippen molar-refractivity contribution < 1.29 is 35.4 Å². The second-order valence-electron chi connectivity index (χ2n) is 16.8. The van der Waals surface area contributed by atoms with E-state index in [1.54, 1.807) is 36.4 Å². The summed E-state index contributed by atoms with van der Waals surface area (Å²) in [7, 11) is 4.22. The molecule has 11 heteroatoms. The molecule has 2 radical (unpaired) electrons. The number of hydrogen-bond donors (Lipinski definition) is 2. The summed E-state index contributed by atoms with van der Waals surface area (Å²) in [4.78, 5) is 5.52. The van der Waals surface area contributed by atoms with Crippen molar-refractivity contribution in [3.63, 3.8) is 0 Å².